The molecule has 1 aromatic rings. The third-order valence-electron chi connectivity index (χ3n) is 4.57. The molecule has 0 radical (unpaired) electrons. The number of carboxylic acids is 1. The van der Waals surface area contributed by atoms with Crippen LogP contribution < -0.4 is 4.74 Å². The van der Waals surface area contributed by atoms with Gasteiger partial charge in [-0.2, -0.15) is 0 Å². The summed E-state index contributed by atoms with van der Waals surface area (Å²) >= 11 is 0. The summed E-state index contributed by atoms with van der Waals surface area (Å²) in [6.07, 6.45) is 11.9. The number of rotatable bonds is 11. The maximum absolute atomic E-state index is 12.9. The highest BCUT2D eigenvalue weighted by Crippen LogP contribution is 2.30. The van der Waals surface area contributed by atoms with Gasteiger partial charge in [0.25, 0.3) is 0 Å². The molecule has 0 spiro atoms. The van der Waals surface area contributed by atoms with E-state index in [0.29, 0.717) is 18.6 Å². The Balaban J connectivity index is 1.76. The number of aliphatic hydroxyl groups excluding tert-OH is 2. The van der Waals surface area contributed by atoms with Gasteiger partial charge in [-0.25, -0.2) is 4.39 Å². The van der Waals surface area contributed by atoms with Gasteiger partial charge in [0.15, 0.2) is 0 Å². The van der Waals surface area contributed by atoms with Crippen LogP contribution in [0.2, 0.25) is 0 Å². The molecule has 1 aliphatic carbocycles. The molecule has 0 aliphatic heterocycles. The van der Waals surface area contributed by atoms with Crippen molar-refractivity contribution in [2.45, 2.75) is 37.9 Å². The van der Waals surface area contributed by atoms with Gasteiger partial charge in [-0.15, -0.1) is 0 Å². The molecule has 6 heteroatoms. The lowest BCUT2D eigenvalue weighted by atomic mass is 9.90. The van der Waals surface area contributed by atoms with Crippen LogP contribution in [-0.2, 0) is 4.79 Å². The first-order chi connectivity index (χ1) is 13.5. The summed E-state index contributed by atoms with van der Waals surface area (Å²) < 4.78 is 18.3. The molecule has 0 heterocycles. The summed E-state index contributed by atoms with van der Waals surface area (Å²) in [6.45, 7) is 0.0342. The van der Waals surface area contributed by atoms with Crippen LogP contribution in [-0.4, -0.2) is 40.1 Å². The maximum Gasteiger partial charge on any atom is 0.303 e. The van der Waals surface area contributed by atoms with Crippen LogP contribution in [0.3, 0.4) is 0 Å². The molecule has 5 nitrogen and oxygen atoms in total. The standard InChI is InChI=1S/C22H27FO5/c23-17-8-11-19(12-9-17)28-15-18(24)10-13-20-16(7-14-21(20)25)5-3-1-2-4-6-22(26)27/h1,3,7-14,16,18,20-21,24-25H,2,4-6,15H2,(H,26,27)/t16-,18?,20+,21-/m0/s1. The van der Waals surface area contributed by atoms with E-state index in [9.17, 15) is 19.4 Å². The molecule has 152 valence electrons. The predicted octanol–water partition coefficient (Wildman–Crippen LogP) is 3.49. The van der Waals surface area contributed by atoms with Crippen LogP contribution in [0.5, 0.6) is 5.75 Å². The van der Waals surface area contributed by atoms with Crippen molar-refractivity contribution in [2.24, 2.45) is 11.8 Å². The van der Waals surface area contributed by atoms with Gasteiger partial charge >= 0.3 is 5.97 Å². The second kappa shape index (κ2) is 11.4. The Labute approximate surface area is 164 Å². The SMILES string of the molecule is O=C(O)CCCC=CC[C@H]1C=C[C@H](O)[C@@H]1C=CC(O)COc1ccc(F)cc1. The fraction of sp³-hybridized carbons (Fsp3) is 0.409. The fourth-order valence-corrected chi connectivity index (χ4v) is 3.03. The summed E-state index contributed by atoms with van der Waals surface area (Å²) in [6, 6.07) is 5.57. The van der Waals surface area contributed by atoms with Crippen LogP contribution in [0.1, 0.15) is 25.7 Å². The highest BCUT2D eigenvalue weighted by atomic mass is 19.1. The number of aliphatic carboxylic acids is 1. The molecule has 4 atom stereocenters. The van der Waals surface area contributed by atoms with Crippen molar-refractivity contribution in [2.75, 3.05) is 6.61 Å². The number of halogens is 1. The molecule has 1 aromatic carbocycles. The minimum absolute atomic E-state index is 0.0342. The average molecular weight is 390 g/mol. The Bertz CT molecular complexity index is 695. The molecule has 0 bridgehead atoms. The van der Waals surface area contributed by atoms with Crippen LogP contribution >= 0.6 is 0 Å². The summed E-state index contributed by atoms with van der Waals surface area (Å²) in [5, 5.41) is 28.8. The van der Waals surface area contributed by atoms with E-state index in [1.54, 1.807) is 18.2 Å². The smallest absolute Gasteiger partial charge is 0.303 e. The third-order valence-corrected chi connectivity index (χ3v) is 4.57. The number of carboxylic acid groups (broad SMARTS) is 1. The van der Waals surface area contributed by atoms with E-state index in [0.717, 1.165) is 6.42 Å². The zero-order valence-corrected chi connectivity index (χ0v) is 15.7. The van der Waals surface area contributed by atoms with Gasteiger partial charge in [-0.1, -0.05) is 36.5 Å². The molecule has 28 heavy (non-hydrogen) atoms. The number of benzene rings is 1. The van der Waals surface area contributed by atoms with Gasteiger partial charge in [-0.05, 0) is 49.4 Å². The Morgan fingerprint density at radius 1 is 1.21 bits per heavy atom. The zero-order chi connectivity index (χ0) is 20.4. The van der Waals surface area contributed by atoms with E-state index in [2.05, 4.69) is 0 Å². The van der Waals surface area contributed by atoms with Gasteiger partial charge in [0, 0.05) is 12.3 Å². The molecule has 0 aromatic heterocycles. The number of aliphatic hydroxyl groups is 2. The Morgan fingerprint density at radius 2 is 1.96 bits per heavy atom. The van der Waals surface area contributed by atoms with Crippen molar-refractivity contribution < 1.29 is 29.2 Å². The molecule has 1 unspecified atom stereocenters. The molecule has 0 amide bonds. The topological polar surface area (TPSA) is 87.0 Å². The van der Waals surface area contributed by atoms with Gasteiger partial charge < -0.3 is 20.1 Å². The first kappa shape index (κ1) is 21.9. The van der Waals surface area contributed by atoms with Crippen molar-refractivity contribution in [1.82, 2.24) is 0 Å². The number of unbranched alkanes of at least 4 members (excludes halogenated alkanes) is 1. The van der Waals surface area contributed by atoms with Crippen LogP contribution in [0.25, 0.3) is 0 Å². The molecule has 3 N–H and O–H groups in total. The van der Waals surface area contributed by atoms with Crippen molar-refractivity contribution in [1.29, 1.82) is 0 Å². The summed E-state index contributed by atoms with van der Waals surface area (Å²) in [4.78, 5) is 10.5. The summed E-state index contributed by atoms with van der Waals surface area (Å²) in [5.74, 6) is -0.682. The molecular formula is C22H27FO5. The number of ether oxygens (including phenoxy) is 1. The number of allylic oxidation sites excluding steroid dienone is 3. The lowest BCUT2D eigenvalue weighted by molar-refractivity contribution is -0.137. The summed E-state index contributed by atoms with van der Waals surface area (Å²) in [5.41, 5.74) is 0. The van der Waals surface area contributed by atoms with Crippen LogP contribution in [0, 0.1) is 17.7 Å². The third kappa shape index (κ3) is 7.66. The predicted molar refractivity (Wildman–Crippen MR) is 104 cm³/mol. The fourth-order valence-electron chi connectivity index (χ4n) is 3.03. The Hall–Kier alpha value is -2.44. The largest absolute Gasteiger partial charge is 0.491 e. The lowest BCUT2D eigenvalue weighted by Gasteiger charge is -2.18. The maximum atomic E-state index is 12.9. The van der Waals surface area contributed by atoms with Crippen molar-refractivity contribution in [3.05, 3.63) is 66.5 Å². The van der Waals surface area contributed by atoms with Gasteiger partial charge in [0.05, 0.1) is 6.10 Å². The molecule has 2 rings (SSSR count). The Morgan fingerprint density at radius 3 is 2.68 bits per heavy atom. The first-order valence-corrected chi connectivity index (χ1v) is 9.43. The van der Waals surface area contributed by atoms with E-state index < -0.39 is 18.2 Å². The van der Waals surface area contributed by atoms with Gasteiger partial charge in [0.2, 0.25) is 0 Å². The molecule has 0 saturated carbocycles. The molecular weight excluding hydrogens is 363 g/mol. The number of hydrogen-bond acceptors (Lipinski definition) is 4. The molecule has 1 aliphatic rings. The van der Waals surface area contributed by atoms with E-state index in [1.807, 2.05) is 18.2 Å². The quantitative estimate of drug-likeness (QED) is 0.398. The van der Waals surface area contributed by atoms with Crippen molar-refractivity contribution >= 4 is 5.97 Å². The van der Waals surface area contributed by atoms with Gasteiger partial charge in [0.1, 0.15) is 24.3 Å². The van der Waals surface area contributed by atoms with Crippen molar-refractivity contribution in [3.63, 3.8) is 0 Å². The van der Waals surface area contributed by atoms with Crippen molar-refractivity contribution in [3.8, 4) is 5.75 Å². The monoisotopic (exact) mass is 390 g/mol. The minimum Gasteiger partial charge on any atom is -0.491 e. The summed E-state index contributed by atoms with van der Waals surface area (Å²) in [7, 11) is 0. The second-order valence-electron chi connectivity index (χ2n) is 6.83. The van der Waals surface area contributed by atoms with E-state index >= 15 is 0 Å². The average Bonchev–Trinajstić information content (AvgIpc) is 3.01. The Kier molecular flexibility index (Phi) is 8.91. The van der Waals surface area contributed by atoms with Gasteiger partial charge in [-0.3, -0.25) is 4.79 Å². The molecule has 0 fully saturated rings. The zero-order valence-electron chi connectivity index (χ0n) is 15.7. The van der Waals surface area contributed by atoms with E-state index in [-0.39, 0.29) is 30.7 Å². The highest BCUT2D eigenvalue weighted by Gasteiger charge is 2.27. The number of carbonyl (C=O) groups is 1. The van der Waals surface area contributed by atoms with E-state index in [1.165, 1.54) is 24.3 Å². The lowest BCUT2D eigenvalue weighted by Crippen LogP contribution is -2.20. The minimum atomic E-state index is -0.843. The van der Waals surface area contributed by atoms with Crippen LogP contribution in [0.15, 0.2) is 60.7 Å². The number of hydrogen-bond donors (Lipinski definition) is 3. The normalized spacial score (nSPS) is 22.9. The first-order valence-electron chi connectivity index (χ1n) is 9.43. The van der Waals surface area contributed by atoms with Crippen LogP contribution in [0.4, 0.5) is 4.39 Å². The van der Waals surface area contributed by atoms with E-state index in [4.69, 9.17) is 9.84 Å². The molecule has 0 saturated heterocycles. The second-order valence-corrected chi connectivity index (χ2v) is 6.83. The highest BCUT2D eigenvalue weighted by molar-refractivity contribution is 5.66.